The van der Waals surface area contributed by atoms with Crippen molar-refractivity contribution < 1.29 is 18.8 Å². The minimum Gasteiger partial charge on any atom is -0.462 e. The van der Waals surface area contributed by atoms with E-state index < -0.39 is 5.97 Å². The number of ether oxygens (including phenoxy) is 1. The molecule has 0 aromatic carbocycles. The highest BCUT2D eigenvalue weighted by Gasteiger charge is 2.21. The molecule has 2 aromatic heterocycles. The summed E-state index contributed by atoms with van der Waals surface area (Å²) in [5.74, 6) is -0.371. The van der Waals surface area contributed by atoms with Gasteiger partial charge < -0.3 is 9.26 Å². The van der Waals surface area contributed by atoms with Gasteiger partial charge in [-0.05, 0) is 27.7 Å². The zero-order valence-corrected chi connectivity index (χ0v) is 13.0. The van der Waals surface area contributed by atoms with E-state index in [1.54, 1.807) is 27.7 Å². The Hall–Kier alpha value is -2.22. The third kappa shape index (κ3) is 3.10. The lowest BCUT2D eigenvalue weighted by Gasteiger charge is -2.00. The first kappa shape index (κ1) is 15.2. The van der Waals surface area contributed by atoms with Crippen LogP contribution in [0.1, 0.15) is 44.1 Å². The number of hydrogen-bond acceptors (Lipinski definition) is 7. The molecule has 7 nitrogen and oxygen atoms in total. The Balaban J connectivity index is 2.19. The Morgan fingerprint density at radius 2 is 2.00 bits per heavy atom. The normalized spacial score (nSPS) is 10.5. The van der Waals surface area contributed by atoms with E-state index in [-0.39, 0.29) is 12.5 Å². The number of aromatic nitrogens is 2. The van der Waals surface area contributed by atoms with Crippen LogP contribution in [0, 0.1) is 20.8 Å². The Morgan fingerprint density at radius 1 is 1.29 bits per heavy atom. The lowest BCUT2D eigenvalue weighted by Crippen LogP contribution is -2.13. The fourth-order valence-corrected chi connectivity index (χ4v) is 2.66. The Morgan fingerprint density at radius 3 is 2.57 bits per heavy atom. The molecule has 21 heavy (non-hydrogen) atoms. The van der Waals surface area contributed by atoms with Crippen LogP contribution in [-0.2, 0) is 4.74 Å². The number of aryl methyl sites for hydroxylation is 3. The van der Waals surface area contributed by atoms with Crippen molar-refractivity contribution in [2.45, 2.75) is 27.7 Å². The van der Waals surface area contributed by atoms with Gasteiger partial charge >= 0.3 is 5.97 Å². The van der Waals surface area contributed by atoms with E-state index in [0.717, 1.165) is 11.3 Å². The predicted molar refractivity (Wildman–Crippen MR) is 76.7 cm³/mol. The fourth-order valence-electron chi connectivity index (χ4n) is 1.80. The number of carbonyl (C=O) groups is 2. The molecule has 0 aliphatic rings. The molecule has 0 saturated heterocycles. The van der Waals surface area contributed by atoms with E-state index in [2.05, 4.69) is 15.5 Å². The average Bonchev–Trinajstić information content (AvgIpc) is 2.93. The van der Waals surface area contributed by atoms with E-state index in [0.29, 0.717) is 32.7 Å². The van der Waals surface area contributed by atoms with E-state index in [4.69, 9.17) is 9.26 Å². The molecule has 0 aliphatic heterocycles. The molecular formula is C13H15N3O4S. The summed E-state index contributed by atoms with van der Waals surface area (Å²) in [6.07, 6.45) is 0. The van der Waals surface area contributed by atoms with Crippen LogP contribution < -0.4 is 5.32 Å². The molecule has 1 N–H and O–H groups in total. The van der Waals surface area contributed by atoms with Crippen LogP contribution >= 0.6 is 11.3 Å². The molecule has 0 atom stereocenters. The van der Waals surface area contributed by atoms with Crippen LogP contribution in [-0.4, -0.2) is 28.6 Å². The average molecular weight is 309 g/mol. The maximum atomic E-state index is 12.2. The largest absolute Gasteiger partial charge is 0.462 e. The van der Waals surface area contributed by atoms with Crippen LogP contribution in [0.2, 0.25) is 0 Å². The molecule has 0 radical (unpaired) electrons. The fraction of sp³-hybridized carbons (Fsp3) is 0.385. The summed E-state index contributed by atoms with van der Waals surface area (Å²) in [4.78, 5) is 28.4. The number of hydrogen-bond donors (Lipinski definition) is 1. The van der Waals surface area contributed by atoms with Crippen LogP contribution in [0.5, 0.6) is 0 Å². The Bertz CT molecular complexity index is 670. The highest BCUT2D eigenvalue weighted by Crippen LogP contribution is 2.24. The quantitative estimate of drug-likeness (QED) is 0.872. The molecular weight excluding hydrogens is 294 g/mol. The number of esters is 1. The second kappa shape index (κ2) is 6.04. The minimum absolute atomic E-state index is 0.289. The van der Waals surface area contributed by atoms with E-state index >= 15 is 0 Å². The van der Waals surface area contributed by atoms with Crippen molar-refractivity contribution in [3.8, 4) is 0 Å². The number of carbonyl (C=O) groups excluding carboxylic acids is 2. The van der Waals surface area contributed by atoms with Gasteiger partial charge in [0.1, 0.15) is 16.2 Å². The van der Waals surface area contributed by atoms with Crippen LogP contribution in [0.25, 0.3) is 0 Å². The number of anilines is 1. The first-order valence-electron chi connectivity index (χ1n) is 6.32. The first-order chi connectivity index (χ1) is 9.93. The highest BCUT2D eigenvalue weighted by atomic mass is 32.1. The second-order valence-electron chi connectivity index (χ2n) is 4.31. The Labute approximate surface area is 125 Å². The zero-order chi connectivity index (χ0) is 15.6. The number of thiazole rings is 1. The number of amides is 1. The van der Waals surface area contributed by atoms with Gasteiger partial charge in [0, 0.05) is 0 Å². The molecule has 8 heteroatoms. The molecule has 2 heterocycles. The molecule has 0 bridgehead atoms. The van der Waals surface area contributed by atoms with Gasteiger partial charge in [-0.15, -0.1) is 0 Å². The topological polar surface area (TPSA) is 94.3 Å². The summed E-state index contributed by atoms with van der Waals surface area (Å²) in [7, 11) is 0. The summed E-state index contributed by atoms with van der Waals surface area (Å²) >= 11 is 1.08. The Kier molecular flexibility index (Phi) is 4.37. The number of rotatable bonds is 4. The molecule has 0 spiro atoms. The SMILES string of the molecule is CCOC(=O)c1sc(NC(=O)c2c(C)noc2C)nc1C. The molecule has 1 amide bonds. The van der Waals surface area contributed by atoms with Gasteiger partial charge in [-0.3, -0.25) is 10.1 Å². The van der Waals surface area contributed by atoms with Gasteiger partial charge in [-0.2, -0.15) is 0 Å². The van der Waals surface area contributed by atoms with Crippen molar-refractivity contribution in [3.05, 3.63) is 27.6 Å². The molecule has 0 aliphatic carbocycles. The van der Waals surface area contributed by atoms with Crippen molar-refractivity contribution in [2.24, 2.45) is 0 Å². The molecule has 0 saturated carbocycles. The van der Waals surface area contributed by atoms with Crippen molar-refractivity contribution in [1.82, 2.24) is 10.1 Å². The molecule has 0 fully saturated rings. The minimum atomic E-state index is -0.440. The molecule has 2 rings (SSSR count). The third-order valence-corrected chi connectivity index (χ3v) is 3.79. The standard InChI is InChI=1S/C13H15N3O4S/c1-5-19-12(18)10-7(3)14-13(21-10)15-11(17)9-6(2)16-20-8(9)4/h5H2,1-4H3,(H,14,15,17). The monoisotopic (exact) mass is 309 g/mol. The van der Waals surface area contributed by atoms with Crippen molar-refractivity contribution in [1.29, 1.82) is 0 Å². The zero-order valence-electron chi connectivity index (χ0n) is 12.1. The van der Waals surface area contributed by atoms with Gasteiger partial charge in [0.25, 0.3) is 5.91 Å². The second-order valence-corrected chi connectivity index (χ2v) is 5.31. The summed E-state index contributed by atoms with van der Waals surface area (Å²) in [6, 6.07) is 0. The smallest absolute Gasteiger partial charge is 0.350 e. The van der Waals surface area contributed by atoms with Crippen LogP contribution in [0.4, 0.5) is 5.13 Å². The van der Waals surface area contributed by atoms with E-state index in [1.165, 1.54) is 0 Å². The summed E-state index contributed by atoms with van der Waals surface area (Å²) in [6.45, 7) is 7.05. The summed E-state index contributed by atoms with van der Waals surface area (Å²) in [5.41, 5.74) is 1.40. The first-order valence-corrected chi connectivity index (χ1v) is 7.14. The van der Waals surface area contributed by atoms with Crippen molar-refractivity contribution in [3.63, 3.8) is 0 Å². The van der Waals surface area contributed by atoms with E-state index in [9.17, 15) is 9.59 Å². The predicted octanol–water partition coefficient (Wildman–Crippen LogP) is 2.49. The van der Waals surface area contributed by atoms with Gasteiger partial charge in [-0.25, -0.2) is 9.78 Å². The van der Waals surface area contributed by atoms with Crippen LogP contribution in [0.15, 0.2) is 4.52 Å². The molecule has 2 aromatic rings. The van der Waals surface area contributed by atoms with Gasteiger partial charge in [-0.1, -0.05) is 16.5 Å². The van der Waals surface area contributed by atoms with Gasteiger partial charge in [0.2, 0.25) is 0 Å². The number of nitrogens with zero attached hydrogens (tertiary/aromatic N) is 2. The highest BCUT2D eigenvalue weighted by molar-refractivity contribution is 7.17. The maximum absolute atomic E-state index is 12.2. The summed E-state index contributed by atoms with van der Waals surface area (Å²) in [5, 5.41) is 6.71. The molecule has 0 unspecified atom stereocenters. The van der Waals surface area contributed by atoms with Gasteiger partial charge in [0.15, 0.2) is 5.13 Å². The maximum Gasteiger partial charge on any atom is 0.350 e. The van der Waals surface area contributed by atoms with Crippen molar-refractivity contribution >= 4 is 28.3 Å². The van der Waals surface area contributed by atoms with Gasteiger partial charge in [0.05, 0.1) is 18.0 Å². The van der Waals surface area contributed by atoms with E-state index in [1.807, 2.05) is 0 Å². The number of nitrogens with one attached hydrogen (secondary N) is 1. The lowest BCUT2D eigenvalue weighted by molar-refractivity contribution is 0.0531. The van der Waals surface area contributed by atoms with Crippen LogP contribution in [0.3, 0.4) is 0 Å². The third-order valence-electron chi connectivity index (χ3n) is 2.74. The summed E-state index contributed by atoms with van der Waals surface area (Å²) < 4.78 is 9.88. The lowest BCUT2D eigenvalue weighted by atomic mass is 10.2. The molecule has 112 valence electrons. The van der Waals surface area contributed by atoms with Crippen molar-refractivity contribution in [2.75, 3.05) is 11.9 Å².